The van der Waals surface area contributed by atoms with Gasteiger partial charge in [-0.2, -0.15) is 4.72 Å². The lowest BCUT2D eigenvalue weighted by Crippen LogP contribution is -2.31. The van der Waals surface area contributed by atoms with Crippen molar-refractivity contribution in [3.8, 4) is 0 Å². The van der Waals surface area contributed by atoms with Gasteiger partial charge in [0.25, 0.3) is 0 Å². The van der Waals surface area contributed by atoms with E-state index in [2.05, 4.69) is 4.72 Å². The Morgan fingerprint density at radius 2 is 2.05 bits per heavy atom. The molecule has 5 nitrogen and oxygen atoms in total. The first kappa shape index (κ1) is 15.9. The Balaban J connectivity index is 2.76. The number of ether oxygens (including phenoxy) is 1. The third-order valence-electron chi connectivity index (χ3n) is 2.23. The fraction of sp³-hybridized carbons (Fsp3) is 0.417. The maximum absolute atomic E-state index is 11.9. The normalized spacial score (nSPS) is 11.6. The number of esters is 1. The molecule has 0 fully saturated rings. The van der Waals surface area contributed by atoms with Crippen molar-refractivity contribution in [2.24, 2.45) is 0 Å². The number of benzene rings is 1. The highest BCUT2D eigenvalue weighted by molar-refractivity contribution is 7.89. The van der Waals surface area contributed by atoms with Crippen molar-refractivity contribution in [3.05, 3.63) is 28.8 Å². The average molecular weight is 306 g/mol. The second kappa shape index (κ2) is 6.36. The molecule has 106 valence electrons. The Labute approximate surface area is 118 Å². The van der Waals surface area contributed by atoms with Gasteiger partial charge in [0.2, 0.25) is 10.0 Å². The van der Waals surface area contributed by atoms with Crippen molar-refractivity contribution in [1.82, 2.24) is 4.72 Å². The van der Waals surface area contributed by atoms with Crippen LogP contribution in [-0.4, -0.2) is 27.0 Å². The van der Waals surface area contributed by atoms with Crippen molar-refractivity contribution in [3.63, 3.8) is 0 Å². The first-order chi connectivity index (χ1) is 8.72. The summed E-state index contributed by atoms with van der Waals surface area (Å²) in [6, 6.07) is 4.37. The first-order valence-corrected chi connectivity index (χ1v) is 7.54. The topological polar surface area (TPSA) is 72.5 Å². The van der Waals surface area contributed by atoms with E-state index >= 15 is 0 Å². The van der Waals surface area contributed by atoms with Crippen molar-refractivity contribution < 1.29 is 17.9 Å². The average Bonchev–Trinajstić information content (AvgIpc) is 2.29. The summed E-state index contributed by atoms with van der Waals surface area (Å²) < 4.78 is 30.8. The van der Waals surface area contributed by atoms with Crippen LogP contribution in [0, 0.1) is 6.92 Å². The van der Waals surface area contributed by atoms with Crippen molar-refractivity contribution in [1.29, 1.82) is 0 Å². The Kier molecular flexibility index (Phi) is 5.34. The molecule has 0 radical (unpaired) electrons. The number of hydrogen-bond acceptors (Lipinski definition) is 4. The maximum Gasteiger partial charge on any atom is 0.321 e. The van der Waals surface area contributed by atoms with Gasteiger partial charge in [0.05, 0.1) is 11.0 Å². The molecule has 0 atom stereocenters. The SMILES string of the molecule is Cc1ccc(S(=O)(=O)NCC(=O)OC(C)C)cc1Cl. The summed E-state index contributed by atoms with van der Waals surface area (Å²) in [5.74, 6) is -0.628. The fourth-order valence-electron chi connectivity index (χ4n) is 1.28. The molecule has 0 aliphatic heterocycles. The second-order valence-corrected chi connectivity index (χ2v) is 6.45. The zero-order valence-corrected chi connectivity index (χ0v) is 12.5. The molecule has 0 saturated heterocycles. The molecular formula is C12H16ClNO4S. The Morgan fingerprint density at radius 1 is 1.42 bits per heavy atom. The monoisotopic (exact) mass is 305 g/mol. The number of hydrogen-bond donors (Lipinski definition) is 1. The van der Waals surface area contributed by atoms with Crippen LogP contribution in [0.5, 0.6) is 0 Å². The number of halogens is 1. The molecule has 0 spiro atoms. The highest BCUT2D eigenvalue weighted by Crippen LogP contribution is 2.19. The molecule has 1 N–H and O–H groups in total. The zero-order valence-electron chi connectivity index (χ0n) is 10.9. The van der Waals surface area contributed by atoms with Gasteiger partial charge in [-0.15, -0.1) is 0 Å². The fourth-order valence-corrected chi connectivity index (χ4v) is 2.52. The predicted molar refractivity (Wildman–Crippen MR) is 72.6 cm³/mol. The van der Waals surface area contributed by atoms with E-state index in [1.54, 1.807) is 26.8 Å². The standard InChI is InChI=1S/C12H16ClNO4S/c1-8(2)18-12(15)7-14-19(16,17)10-5-4-9(3)11(13)6-10/h4-6,8,14H,7H2,1-3H3. The number of aryl methyl sites for hydroxylation is 1. The van der Waals surface area contributed by atoms with Crippen LogP contribution in [0.15, 0.2) is 23.1 Å². The van der Waals surface area contributed by atoms with E-state index in [9.17, 15) is 13.2 Å². The van der Waals surface area contributed by atoms with Crippen molar-refractivity contribution in [2.75, 3.05) is 6.54 Å². The van der Waals surface area contributed by atoms with Gasteiger partial charge in [-0.3, -0.25) is 4.79 Å². The molecule has 0 amide bonds. The van der Waals surface area contributed by atoms with Crippen LogP contribution in [0.3, 0.4) is 0 Å². The highest BCUT2D eigenvalue weighted by Gasteiger charge is 2.17. The molecular weight excluding hydrogens is 290 g/mol. The van der Waals surface area contributed by atoms with Crippen LogP contribution in [0.4, 0.5) is 0 Å². The van der Waals surface area contributed by atoms with E-state index in [1.807, 2.05) is 0 Å². The quantitative estimate of drug-likeness (QED) is 0.843. The third kappa shape index (κ3) is 4.81. The zero-order chi connectivity index (χ0) is 14.6. The molecule has 0 unspecified atom stereocenters. The summed E-state index contributed by atoms with van der Waals surface area (Å²) in [6.07, 6.45) is -0.286. The summed E-state index contributed by atoms with van der Waals surface area (Å²) in [6.45, 7) is 4.73. The van der Waals surface area contributed by atoms with Gasteiger partial charge in [0, 0.05) is 5.02 Å². The van der Waals surface area contributed by atoms with Gasteiger partial charge >= 0.3 is 5.97 Å². The van der Waals surface area contributed by atoms with Gasteiger partial charge in [-0.25, -0.2) is 8.42 Å². The van der Waals surface area contributed by atoms with E-state index in [4.69, 9.17) is 16.3 Å². The smallest absolute Gasteiger partial charge is 0.321 e. The van der Waals surface area contributed by atoms with E-state index in [1.165, 1.54) is 12.1 Å². The van der Waals surface area contributed by atoms with E-state index in [-0.39, 0.29) is 11.0 Å². The minimum absolute atomic E-state index is 0.0143. The number of carbonyl (C=O) groups is 1. The van der Waals surface area contributed by atoms with Gasteiger partial charge in [-0.1, -0.05) is 17.7 Å². The molecule has 0 saturated carbocycles. The van der Waals surface area contributed by atoms with Crippen LogP contribution < -0.4 is 4.72 Å². The maximum atomic E-state index is 11.9. The number of carbonyl (C=O) groups excluding carboxylic acids is 1. The summed E-state index contributed by atoms with van der Waals surface area (Å²) in [7, 11) is -3.77. The predicted octanol–water partition coefficient (Wildman–Crippen LogP) is 1.88. The molecule has 19 heavy (non-hydrogen) atoms. The first-order valence-electron chi connectivity index (χ1n) is 5.67. The largest absolute Gasteiger partial charge is 0.462 e. The summed E-state index contributed by atoms with van der Waals surface area (Å²) >= 11 is 5.87. The van der Waals surface area contributed by atoms with Gasteiger partial charge < -0.3 is 4.74 Å². The molecule has 0 heterocycles. The van der Waals surface area contributed by atoms with Crippen LogP contribution >= 0.6 is 11.6 Å². The lowest BCUT2D eigenvalue weighted by Gasteiger charge is -2.10. The minimum Gasteiger partial charge on any atom is -0.462 e. The van der Waals surface area contributed by atoms with Crippen LogP contribution in [0.1, 0.15) is 19.4 Å². The molecule has 0 aromatic heterocycles. The number of rotatable bonds is 5. The molecule has 1 aromatic rings. The molecule has 0 aliphatic rings. The lowest BCUT2D eigenvalue weighted by atomic mass is 10.2. The second-order valence-electron chi connectivity index (χ2n) is 4.27. The molecule has 1 aromatic carbocycles. The highest BCUT2D eigenvalue weighted by atomic mass is 35.5. The summed E-state index contributed by atoms with van der Waals surface area (Å²) in [5, 5.41) is 0.354. The van der Waals surface area contributed by atoms with Crippen molar-refractivity contribution in [2.45, 2.75) is 31.8 Å². The van der Waals surface area contributed by atoms with Gasteiger partial charge in [0.15, 0.2) is 0 Å². The van der Waals surface area contributed by atoms with Gasteiger partial charge in [-0.05, 0) is 38.5 Å². The molecule has 0 aliphatic carbocycles. The Hall–Kier alpha value is -1.11. The lowest BCUT2D eigenvalue weighted by molar-refractivity contribution is -0.145. The molecule has 1 rings (SSSR count). The van der Waals surface area contributed by atoms with Gasteiger partial charge in [0.1, 0.15) is 6.54 Å². The van der Waals surface area contributed by atoms with Crippen LogP contribution in [-0.2, 0) is 19.6 Å². The molecule has 0 bridgehead atoms. The van der Waals surface area contributed by atoms with E-state index < -0.39 is 22.5 Å². The Morgan fingerprint density at radius 3 is 2.58 bits per heavy atom. The molecule has 7 heteroatoms. The number of sulfonamides is 1. The summed E-state index contributed by atoms with van der Waals surface area (Å²) in [5.41, 5.74) is 0.778. The van der Waals surface area contributed by atoms with E-state index in [0.717, 1.165) is 5.56 Å². The Bertz CT molecular complexity index is 569. The van der Waals surface area contributed by atoms with Crippen LogP contribution in [0.2, 0.25) is 5.02 Å². The summed E-state index contributed by atoms with van der Waals surface area (Å²) in [4.78, 5) is 11.3. The number of nitrogens with one attached hydrogen (secondary N) is 1. The van der Waals surface area contributed by atoms with E-state index in [0.29, 0.717) is 5.02 Å². The van der Waals surface area contributed by atoms with Crippen molar-refractivity contribution >= 4 is 27.6 Å². The third-order valence-corrected chi connectivity index (χ3v) is 4.03. The minimum atomic E-state index is -3.77. The van der Waals surface area contributed by atoms with Crippen LogP contribution in [0.25, 0.3) is 0 Å².